The highest BCUT2D eigenvalue weighted by atomic mass is 16.3. The molecule has 112 valence electrons. The van der Waals surface area contributed by atoms with Gasteiger partial charge in [-0.25, -0.2) is 0 Å². The van der Waals surface area contributed by atoms with E-state index in [0.29, 0.717) is 12.6 Å². The molecule has 3 N–H and O–H groups in total. The van der Waals surface area contributed by atoms with Gasteiger partial charge in [-0.3, -0.25) is 4.79 Å². The van der Waals surface area contributed by atoms with Crippen LogP contribution in [0.25, 0.3) is 0 Å². The molecule has 1 saturated carbocycles. The van der Waals surface area contributed by atoms with E-state index < -0.39 is 0 Å². The first-order valence-corrected chi connectivity index (χ1v) is 7.73. The van der Waals surface area contributed by atoms with E-state index in [1.165, 1.54) is 12.8 Å². The summed E-state index contributed by atoms with van der Waals surface area (Å²) in [4.78, 5) is 14.4. The number of rotatable bonds is 8. The monoisotopic (exact) mass is 270 g/mol. The highest BCUT2D eigenvalue weighted by molar-refractivity contribution is 5.78. The van der Waals surface area contributed by atoms with Crippen molar-refractivity contribution in [1.29, 1.82) is 0 Å². The van der Waals surface area contributed by atoms with E-state index in [0.717, 1.165) is 32.1 Å². The summed E-state index contributed by atoms with van der Waals surface area (Å²) < 4.78 is 0. The van der Waals surface area contributed by atoms with Crippen LogP contribution < -0.4 is 5.73 Å². The van der Waals surface area contributed by atoms with Crippen LogP contribution in [-0.2, 0) is 4.79 Å². The minimum absolute atomic E-state index is 0.0471. The quantitative estimate of drug-likeness (QED) is 0.708. The fraction of sp³-hybridized carbons (Fsp3) is 0.933. The Morgan fingerprint density at radius 2 is 1.95 bits per heavy atom. The molecule has 1 aliphatic rings. The molecule has 1 amide bonds. The minimum Gasteiger partial charge on any atom is -0.395 e. The third-order valence-corrected chi connectivity index (χ3v) is 4.11. The number of hydrogen-bond acceptors (Lipinski definition) is 3. The minimum atomic E-state index is 0.0471. The Hall–Kier alpha value is -0.610. The first kappa shape index (κ1) is 16.4. The Bertz CT molecular complexity index is 263. The smallest absolute Gasteiger partial charge is 0.225 e. The molecular formula is C15H30N2O2. The van der Waals surface area contributed by atoms with Crippen molar-refractivity contribution in [3.8, 4) is 0 Å². The van der Waals surface area contributed by atoms with Gasteiger partial charge in [-0.2, -0.15) is 0 Å². The molecule has 1 aliphatic carbocycles. The summed E-state index contributed by atoms with van der Waals surface area (Å²) in [7, 11) is 0. The van der Waals surface area contributed by atoms with Crippen molar-refractivity contribution >= 4 is 5.91 Å². The Labute approximate surface area is 117 Å². The second-order valence-electron chi connectivity index (χ2n) is 6.00. The van der Waals surface area contributed by atoms with Gasteiger partial charge in [-0.05, 0) is 32.6 Å². The third kappa shape index (κ3) is 5.49. The molecule has 0 aromatic heterocycles. The van der Waals surface area contributed by atoms with Crippen molar-refractivity contribution in [2.45, 2.75) is 70.9 Å². The molecule has 0 aromatic rings. The van der Waals surface area contributed by atoms with Crippen LogP contribution in [0.15, 0.2) is 0 Å². The second kappa shape index (κ2) is 8.54. The average Bonchev–Trinajstić information content (AvgIpc) is 2.88. The van der Waals surface area contributed by atoms with Gasteiger partial charge in [0.15, 0.2) is 0 Å². The second-order valence-corrected chi connectivity index (χ2v) is 6.00. The number of nitrogens with two attached hydrogens (primary N) is 1. The molecule has 4 nitrogen and oxygen atoms in total. The number of nitrogens with zero attached hydrogens (tertiary/aromatic N) is 1. The van der Waals surface area contributed by atoms with E-state index >= 15 is 0 Å². The fourth-order valence-corrected chi connectivity index (χ4v) is 2.95. The topological polar surface area (TPSA) is 66.6 Å². The number of amides is 1. The summed E-state index contributed by atoms with van der Waals surface area (Å²) in [6, 6.07) is 0.571. The average molecular weight is 270 g/mol. The zero-order valence-electron chi connectivity index (χ0n) is 12.5. The molecule has 1 fully saturated rings. The van der Waals surface area contributed by atoms with Gasteiger partial charge in [0.2, 0.25) is 5.91 Å². The van der Waals surface area contributed by atoms with Gasteiger partial charge in [0.25, 0.3) is 0 Å². The van der Waals surface area contributed by atoms with Crippen molar-refractivity contribution in [2.75, 3.05) is 13.2 Å². The van der Waals surface area contributed by atoms with Crippen molar-refractivity contribution < 1.29 is 9.90 Å². The summed E-state index contributed by atoms with van der Waals surface area (Å²) in [5.74, 6) is 0.261. The molecule has 0 aromatic carbocycles. The van der Waals surface area contributed by atoms with Crippen molar-refractivity contribution in [3.63, 3.8) is 0 Å². The number of hydrogen-bond donors (Lipinski definition) is 2. The van der Waals surface area contributed by atoms with Crippen molar-refractivity contribution in [3.05, 3.63) is 0 Å². The molecule has 1 rings (SSSR count). The number of aliphatic hydroxyl groups is 1. The summed E-state index contributed by atoms with van der Waals surface area (Å²) in [5.41, 5.74) is 5.73. The zero-order chi connectivity index (χ0) is 14.3. The van der Waals surface area contributed by atoms with Crippen LogP contribution in [0, 0.1) is 5.92 Å². The lowest BCUT2D eigenvalue weighted by Crippen LogP contribution is -2.43. The predicted octanol–water partition coefficient (Wildman–Crippen LogP) is 1.90. The highest BCUT2D eigenvalue weighted by Gasteiger charge is 2.28. The van der Waals surface area contributed by atoms with E-state index in [9.17, 15) is 4.79 Å². The SMILES string of the molecule is CC(N)CCCC(C)C(=O)N(CCO)C1CCCC1. The van der Waals surface area contributed by atoms with Gasteiger partial charge in [0.05, 0.1) is 6.61 Å². The molecule has 0 radical (unpaired) electrons. The first-order chi connectivity index (χ1) is 9.06. The van der Waals surface area contributed by atoms with Gasteiger partial charge < -0.3 is 15.7 Å². The molecule has 0 saturated heterocycles. The molecule has 2 unspecified atom stereocenters. The fourth-order valence-electron chi connectivity index (χ4n) is 2.95. The van der Waals surface area contributed by atoms with E-state index in [-0.39, 0.29) is 24.5 Å². The Kier molecular flexibility index (Phi) is 7.39. The highest BCUT2D eigenvalue weighted by Crippen LogP contribution is 2.25. The molecule has 19 heavy (non-hydrogen) atoms. The molecule has 0 aliphatic heterocycles. The molecule has 4 heteroatoms. The molecular weight excluding hydrogens is 240 g/mol. The Balaban J connectivity index is 2.45. The largest absolute Gasteiger partial charge is 0.395 e. The summed E-state index contributed by atoms with van der Waals surface area (Å²) >= 11 is 0. The lowest BCUT2D eigenvalue weighted by molar-refractivity contribution is -0.138. The molecule has 0 spiro atoms. The maximum atomic E-state index is 12.5. The number of carbonyl (C=O) groups is 1. The summed E-state index contributed by atoms with van der Waals surface area (Å²) in [6.45, 7) is 4.56. The Morgan fingerprint density at radius 3 is 2.47 bits per heavy atom. The predicted molar refractivity (Wildman–Crippen MR) is 77.7 cm³/mol. The van der Waals surface area contributed by atoms with Crippen LogP contribution in [0.4, 0.5) is 0 Å². The van der Waals surface area contributed by atoms with Crippen LogP contribution in [-0.4, -0.2) is 41.1 Å². The van der Waals surface area contributed by atoms with Crippen LogP contribution in [0.3, 0.4) is 0 Å². The maximum Gasteiger partial charge on any atom is 0.225 e. The number of aliphatic hydroxyl groups excluding tert-OH is 1. The maximum absolute atomic E-state index is 12.5. The molecule has 0 heterocycles. The molecule has 0 bridgehead atoms. The molecule has 2 atom stereocenters. The Morgan fingerprint density at radius 1 is 1.32 bits per heavy atom. The van der Waals surface area contributed by atoms with Gasteiger partial charge in [0, 0.05) is 24.5 Å². The van der Waals surface area contributed by atoms with Gasteiger partial charge in [0.1, 0.15) is 0 Å². The lowest BCUT2D eigenvalue weighted by Gasteiger charge is -2.31. The van der Waals surface area contributed by atoms with E-state index in [2.05, 4.69) is 0 Å². The lowest BCUT2D eigenvalue weighted by atomic mass is 9.99. The standard InChI is InChI=1S/C15H30N2O2/c1-12(6-5-7-13(2)16)15(19)17(10-11-18)14-8-3-4-9-14/h12-14,18H,3-11,16H2,1-2H3. The van der Waals surface area contributed by atoms with Crippen LogP contribution in [0.2, 0.25) is 0 Å². The van der Waals surface area contributed by atoms with E-state index in [4.69, 9.17) is 10.8 Å². The first-order valence-electron chi connectivity index (χ1n) is 7.73. The van der Waals surface area contributed by atoms with Crippen molar-refractivity contribution in [1.82, 2.24) is 4.90 Å². The van der Waals surface area contributed by atoms with Gasteiger partial charge in [-0.15, -0.1) is 0 Å². The van der Waals surface area contributed by atoms with Crippen LogP contribution >= 0.6 is 0 Å². The van der Waals surface area contributed by atoms with Crippen molar-refractivity contribution in [2.24, 2.45) is 11.7 Å². The summed E-state index contributed by atoms with van der Waals surface area (Å²) in [5, 5.41) is 9.17. The van der Waals surface area contributed by atoms with Gasteiger partial charge in [-0.1, -0.05) is 26.2 Å². The van der Waals surface area contributed by atoms with E-state index in [1.54, 1.807) is 0 Å². The zero-order valence-corrected chi connectivity index (χ0v) is 12.5. The normalized spacial score (nSPS) is 19.4. The van der Waals surface area contributed by atoms with E-state index in [1.807, 2.05) is 18.7 Å². The van der Waals surface area contributed by atoms with Gasteiger partial charge >= 0.3 is 0 Å². The third-order valence-electron chi connectivity index (χ3n) is 4.11. The number of carbonyl (C=O) groups excluding carboxylic acids is 1. The van der Waals surface area contributed by atoms with Crippen LogP contribution in [0.5, 0.6) is 0 Å². The van der Waals surface area contributed by atoms with Crippen LogP contribution in [0.1, 0.15) is 58.8 Å². The summed E-state index contributed by atoms with van der Waals surface area (Å²) in [6.07, 6.45) is 7.48.